The van der Waals surface area contributed by atoms with Crippen LogP contribution in [0.25, 0.3) is 0 Å². The van der Waals surface area contributed by atoms with Gasteiger partial charge in [-0.15, -0.1) is 0 Å². The number of halogens is 1. The molecule has 1 heterocycles. The molecule has 0 amide bonds. The number of rotatable bonds is 3. The second-order valence-electron chi connectivity index (χ2n) is 6.50. The number of nitro groups is 1. The monoisotopic (exact) mass is 369 g/mol. The van der Waals surface area contributed by atoms with Gasteiger partial charge in [0.05, 0.1) is 33.2 Å². The average molecular weight is 370 g/mol. The van der Waals surface area contributed by atoms with E-state index in [1.807, 2.05) is 12.2 Å². The lowest BCUT2D eigenvalue weighted by molar-refractivity contribution is -0.385. The summed E-state index contributed by atoms with van der Waals surface area (Å²) in [6.07, 6.45) is 4.79. The van der Waals surface area contributed by atoms with Crippen molar-refractivity contribution in [2.45, 2.75) is 18.4 Å². The van der Waals surface area contributed by atoms with Crippen molar-refractivity contribution in [1.29, 1.82) is 0 Å². The van der Waals surface area contributed by atoms with E-state index in [1.54, 1.807) is 12.1 Å². The second-order valence-corrected chi connectivity index (χ2v) is 6.90. The van der Waals surface area contributed by atoms with Crippen molar-refractivity contribution in [3.05, 3.63) is 80.4 Å². The number of aromatic carboxylic acids is 1. The first-order chi connectivity index (χ1) is 12.5. The molecule has 0 saturated heterocycles. The highest BCUT2D eigenvalue weighted by molar-refractivity contribution is 6.33. The fourth-order valence-electron chi connectivity index (χ4n) is 3.97. The third-order valence-electron chi connectivity index (χ3n) is 5.15. The highest BCUT2D eigenvalue weighted by atomic mass is 35.5. The predicted octanol–water partition coefficient (Wildman–Crippen LogP) is 3.44. The van der Waals surface area contributed by atoms with E-state index in [-0.39, 0.29) is 34.1 Å². The fraction of sp³-hybridized carbons (Fsp3) is 0.211. The minimum absolute atomic E-state index is 0.0594. The molecule has 2 aromatic rings. The van der Waals surface area contributed by atoms with Crippen molar-refractivity contribution in [3.8, 4) is 0 Å². The molecule has 0 spiro atoms. The van der Waals surface area contributed by atoms with E-state index >= 15 is 0 Å². The van der Waals surface area contributed by atoms with E-state index in [2.05, 4.69) is 5.32 Å². The maximum atomic E-state index is 11.5. The Balaban J connectivity index is 1.81. The van der Waals surface area contributed by atoms with Crippen LogP contribution >= 0.6 is 11.6 Å². The first kappa shape index (κ1) is 16.6. The molecule has 7 heteroatoms. The highest BCUT2D eigenvalue weighted by Crippen LogP contribution is 2.54. The maximum Gasteiger partial charge on any atom is 0.275 e. The van der Waals surface area contributed by atoms with Gasteiger partial charge < -0.3 is 15.2 Å². The zero-order valence-electron chi connectivity index (χ0n) is 13.5. The van der Waals surface area contributed by atoms with Crippen LogP contribution in [0.2, 0.25) is 5.02 Å². The Bertz CT molecular complexity index is 939. The molecule has 3 atom stereocenters. The second kappa shape index (κ2) is 6.14. The van der Waals surface area contributed by atoms with Crippen molar-refractivity contribution in [3.63, 3.8) is 0 Å². The Labute approximate surface area is 154 Å². The van der Waals surface area contributed by atoms with Crippen molar-refractivity contribution in [1.82, 2.24) is 0 Å². The lowest BCUT2D eigenvalue weighted by Gasteiger charge is -2.37. The number of nitro benzene ring substituents is 1. The van der Waals surface area contributed by atoms with Gasteiger partial charge in [-0.25, -0.2) is 0 Å². The summed E-state index contributed by atoms with van der Waals surface area (Å²) in [5, 5.41) is 26.2. The van der Waals surface area contributed by atoms with E-state index in [1.165, 1.54) is 24.3 Å². The average Bonchev–Trinajstić information content (AvgIpc) is 3.11. The molecule has 1 aliphatic heterocycles. The van der Waals surface area contributed by atoms with E-state index in [0.29, 0.717) is 16.3 Å². The van der Waals surface area contributed by atoms with Gasteiger partial charge in [-0.1, -0.05) is 48.0 Å². The van der Waals surface area contributed by atoms with Crippen molar-refractivity contribution < 1.29 is 14.8 Å². The summed E-state index contributed by atoms with van der Waals surface area (Å²) in [6, 6.07) is 9.35. The number of carbonyl (C=O) groups is 1. The third kappa shape index (κ3) is 2.54. The van der Waals surface area contributed by atoms with Gasteiger partial charge >= 0.3 is 0 Å². The fourth-order valence-corrected chi connectivity index (χ4v) is 4.19. The number of nitrogens with zero attached hydrogens (tertiary/aromatic N) is 1. The Kier molecular flexibility index (Phi) is 3.92. The molecule has 4 rings (SSSR count). The number of hydrogen-bond donors (Lipinski definition) is 1. The van der Waals surface area contributed by atoms with Crippen LogP contribution in [0.4, 0.5) is 11.4 Å². The summed E-state index contributed by atoms with van der Waals surface area (Å²) < 4.78 is 0. The molecular formula is C19H14ClN2O4-. The van der Waals surface area contributed by atoms with E-state index < -0.39 is 5.97 Å². The van der Waals surface area contributed by atoms with Gasteiger partial charge in [-0.05, 0) is 29.5 Å². The summed E-state index contributed by atoms with van der Waals surface area (Å²) in [5.74, 6) is -1.25. The molecule has 1 N–H and O–H groups in total. The van der Waals surface area contributed by atoms with Gasteiger partial charge in [-0.2, -0.15) is 0 Å². The Morgan fingerprint density at radius 1 is 1.19 bits per heavy atom. The SMILES string of the molecule is O=C([O-])c1ccc([C@@H]2Nc3c(Cl)ccc([N+](=O)[O-])c3[C@@H]3C=CC[C@H]32)cc1. The molecule has 0 radical (unpaired) electrons. The highest BCUT2D eigenvalue weighted by Gasteiger charge is 2.42. The lowest BCUT2D eigenvalue weighted by Crippen LogP contribution is -2.30. The van der Waals surface area contributed by atoms with E-state index in [4.69, 9.17) is 11.6 Å². The number of hydrogen-bond acceptors (Lipinski definition) is 5. The smallest absolute Gasteiger partial charge is 0.275 e. The van der Waals surface area contributed by atoms with Gasteiger partial charge in [0.25, 0.3) is 5.69 Å². The number of anilines is 1. The van der Waals surface area contributed by atoms with Gasteiger partial charge in [0.15, 0.2) is 0 Å². The first-order valence-electron chi connectivity index (χ1n) is 8.18. The van der Waals surface area contributed by atoms with Crippen LogP contribution in [-0.4, -0.2) is 10.9 Å². The Morgan fingerprint density at radius 2 is 1.92 bits per heavy atom. The standard InChI is InChI=1S/C19H15ClN2O4/c20-14-8-9-15(22(25)26)16-12-2-1-3-13(12)17(21-18(14)16)10-4-6-11(7-5-10)19(23)24/h1-2,4-9,12-13,17,21H,3H2,(H,23,24)/p-1/t12-,13-,17+/m1/s1. The van der Waals surface area contributed by atoms with E-state index in [9.17, 15) is 20.0 Å². The number of allylic oxidation sites excluding steroid dienone is 2. The summed E-state index contributed by atoms with van der Waals surface area (Å²) in [7, 11) is 0. The van der Waals surface area contributed by atoms with Crippen LogP contribution in [0, 0.1) is 16.0 Å². The summed E-state index contributed by atoms with van der Waals surface area (Å²) in [4.78, 5) is 22.1. The maximum absolute atomic E-state index is 11.5. The molecule has 0 unspecified atom stereocenters. The molecule has 132 valence electrons. The zero-order valence-corrected chi connectivity index (χ0v) is 14.3. The minimum atomic E-state index is -1.22. The molecular weight excluding hydrogens is 356 g/mol. The predicted molar refractivity (Wildman–Crippen MR) is 95.2 cm³/mol. The molecule has 2 aromatic carbocycles. The van der Waals surface area contributed by atoms with Crippen LogP contribution in [0.15, 0.2) is 48.6 Å². The van der Waals surface area contributed by atoms with Crippen LogP contribution in [-0.2, 0) is 0 Å². The van der Waals surface area contributed by atoms with Gasteiger partial charge in [-0.3, -0.25) is 10.1 Å². The quantitative estimate of drug-likeness (QED) is 0.508. The third-order valence-corrected chi connectivity index (χ3v) is 5.46. The lowest BCUT2D eigenvalue weighted by atomic mass is 9.76. The normalized spacial score (nSPS) is 23.0. The number of carboxylic acid groups (broad SMARTS) is 1. The zero-order chi connectivity index (χ0) is 18.4. The van der Waals surface area contributed by atoms with Crippen molar-refractivity contribution in [2.24, 2.45) is 5.92 Å². The molecule has 2 aliphatic rings. The molecule has 26 heavy (non-hydrogen) atoms. The molecule has 1 aliphatic carbocycles. The topological polar surface area (TPSA) is 95.3 Å². The molecule has 0 bridgehead atoms. The summed E-state index contributed by atoms with van der Waals surface area (Å²) >= 11 is 6.33. The van der Waals surface area contributed by atoms with Crippen LogP contribution in [0.1, 0.15) is 39.9 Å². The van der Waals surface area contributed by atoms with Crippen LogP contribution in [0.3, 0.4) is 0 Å². The Hall–Kier alpha value is -2.86. The summed E-state index contributed by atoms with van der Waals surface area (Å²) in [6.45, 7) is 0. The van der Waals surface area contributed by atoms with Crippen molar-refractivity contribution in [2.75, 3.05) is 5.32 Å². The molecule has 0 aromatic heterocycles. The number of fused-ring (bicyclic) bond motifs is 3. The van der Waals surface area contributed by atoms with Crippen molar-refractivity contribution >= 4 is 28.9 Å². The largest absolute Gasteiger partial charge is 0.545 e. The first-order valence-corrected chi connectivity index (χ1v) is 8.56. The summed E-state index contributed by atoms with van der Waals surface area (Å²) in [5.41, 5.74) is 2.26. The van der Waals surface area contributed by atoms with Gasteiger partial charge in [0.2, 0.25) is 0 Å². The number of carboxylic acids is 1. The number of carbonyl (C=O) groups excluding carboxylic acids is 1. The number of benzene rings is 2. The number of nitrogens with one attached hydrogen (secondary N) is 1. The van der Waals surface area contributed by atoms with Crippen LogP contribution in [0.5, 0.6) is 0 Å². The Morgan fingerprint density at radius 3 is 2.58 bits per heavy atom. The molecule has 0 saturated carbocycles. The van der Waals surface area contributed by atoms with Gasteiger partial charge in [0.1, 0.15) is 0 Å². The molecule has 6 nitrogen and oxygen atoms in total. The molecule has 0 fully saturated rings. The van der Waals surface area contributed by atoms with Gasteiger partial charge in [0, 0.05) is 12.0 Å². The minimum Gasteiger partial charge on any atom is -0.545 e. The van der Waals surface area contributed by atoms with Crippen LogP contribution < -0.4 is 10.4 Å². The van der Waals surface area contributed by atoms with E-state index in [0.717, 1.165) is 12.0 Å².